The topological polar surface area (TPSA) is 3.24 Å². The predicted octanol–water partition coefficient (Wildman–Crippen LogP) is 2.30. The minimum absolute atomic E-state index is 0.850. The van der Waals surface area contributed by atoms with Gasteiger partial charge in [0, 0.05) is 17.0 Å². The van der Waals surface area contributed by atoms with Gasteiger partial charge in [-0.05, 0) is 26.3 Å². The molecule has 1 nitrogen and oxygen atoms in total. The van der Waals surface area contributed by atoms with Gasteiger partial charge in [-0.2, -0.15) is 0 Å². The monoisotopic (exact) mass is 253 g/mol. The van der Waals surface area contributed by atoms with Gasteiger partial charge in [-0.3, -0.25) is 4.90 Å². The van der Waals surface area contributed by atoms with Crippen LogP contribution in [0.3, 0.4) is 0 Å². The first-order valence-electron chi connectivity index (χ1n) is 4.14. The molecule has 0 aromatic carbocycles. The maximum absolute atomic E-state index is 2.61. The zero-order valence-corrected chi connectivity index (χ0v) is 8.80. The normalized spacial score (nSPS) is 28.8. The average Bonchev–Trinajstić information content (AvgIpc) is 1.94. The molecular weight excluding hydrogens is 237 g/mol. The lowest BCUT2D eigenvalue weighted by Gasteiger charge is -2.32. The molecule has 0 aromatic heterocycles. The van der Waals surface area contributed by atoms with Gasteiger partial charge in [-0.1, -0.05) is 29.0 Å². The zero-order valence-electron chi connectivity index (χ0n) is 6.65. The lowest BCUT2D eigenvalue weighted by Crippen LogP contribution is -2.38. The first-order valence-corrected chi connectivity index (χ1v) is 5.67. The SMILES string of the molecule is CC1CCCCN1CCI. The molecule has 1 heterocycles. The fourth-order valence-electron chi connectivity index (χ4n) is 1.60. The smallest absolute Gasteiger partial charge is 0.0123 e. The van der Waals surface area contributed by atoms with E-state index in [0.717, 1.165) is 6.04 Å². The van der Waals surface area contributed by atoms with Crippen molar-refractivity contribution in [3.8, 4) is 0 Å². The highest BCUT2D eigenvalue weighted by molar-refractivity contribution is 14.1. The van der Waals surface area contributed by atoms with Gasteiger partial charge in [0.15, 0.2) is 0 Å². The van der Waals surface area contributed by atoms with Crippen molar-refractivity contribution < 1.29 is 0 Å². The second-order valence-corrected chi connectivity index (χ2v) is 4.15. The van der Waals surface area contributed by atoms with Crippen molar-refractivity contribution in [2.75, 3.05) is 17.5 Å². The van der Waals surface area contributed by atoms with E-state index in [1.54, 1.807) is 0 Å². The standard InChI is InChI=1S/C8H16IN/c1-8-4-2-3-6-10(8)7-5-9/h8H,2-7H2,1H3. The molecule has 1 rings (SSSR count). The molecule has 1 aliphatic heterocycles. The molecule has 60 valence electrons. The third kappa shape index (κ3) is 2.38. The summed E-state index contributed by atoms with van der Waals surface area (Å²) >= 11 is 2.46. The number of halogens is 1. The number of piperidine rings is 1. The fourth-order valence-corrected chi connectivity index (χ4v) is 2.22. The van der Waals surface area contributed by atoms with E-state index >= 15 is 0 Å². The number of hydrogen-bond donors (Lipinski definition) is 0. The van der Waals surface area contributed by atoms with Gasteiger partial charge in [-0.25, -0.2) is 0 Å². The number of likely N-dealkylation sites (tertiary alicyclic amines) is 1. The van der Waals surface area contributed by atoms with Crippen LogP contribution in [0.5, 0.6) is 0 Å². The second-order valence-electron chi connectivity index (χ2n) is 3.07. The Labute approximate surface area is 77.3 Å². The Morgan fingerprint density at radius 3 is 2.90 bits per heavy atom. The highest BCUT2D eigenvalue weighted by Crippen LogP contribution is 2.15. The quantitative estimate of drug-likeness (QED) is 0.539. The largest absolute Gasteiger partial charge is 0.300 e. The molecule has 0 N–H and O–H groups in total. The van der Waals surface area contributed by atoms with E-state index in [-0.39, 0.29) is 0 Å². The highest BCUT2D eigenvalue weighted by atomic mass is 127. The maximum Gasteiger partial charge on any atom is 0.0123 e. The molecule has 0 radical (unpaired) electrons. The third-order valence-corrected chi connectivity index (χ3v) is 2.79. The van der Waals surface area contributed by atoms with Gasteiger partial charge in [0.1, 0.15) is 0 Å². The van der Waals surface area contributed by atoms with Crippen LogP contribution in [0.1, 0.15) is 26.2 Å². The molecule has 0 aliphatic carbocycles. The van der Waals surface area contributed by atoms with Crippen LogP contribution >= 0.6 is 22.6 Å². The van der Waals surface area contributed by atoms with E-state index in [9.17, 15) is 0 Å². The van der Waals surface area contributed by atoms with Crippen molar-refractivity contribution in [1.82, 2.24) is 4.90 Å². The van der Waals surface area contributed by atoms with Gasteiger partial charge in [0.2, 0.25) is 0 Å². The molecule has 1 unspecified atom stereocenters. The molecule has 0 spiro atoms. The average molecular weight is 253 g/mol. The summed E-state index contributed by atoms with van der Waals surface area (Å²) in [5.74, 6) is 0. The lowest BCUT2D eigenvalue weighted by molar-refractivity contribution is 0.172. The van der Waals surface area contributed by atoms with Crippen LogP contribution < -0.4 is 0 Å². The van der Waals surface area contributed by atoms with Crippen LogP contribution in [0.4, 0.5) is 0 Å². The van der Waals surface area contributed by atoms with Crippen molar-refractivity contribution in [2.45, 2.75) is 32.2 Å². The number of hydrogen-bond acceptors (Lipinski definition) is 1. The first kappa shape index (κ1) is 8.78. The fraction of sp³-hybridized carbons (Fsp3) is 1.00. The van der Waals surface area contributed by atoms with Gasteiger partial charge in [0.25, 0.3) is 0 Å². The Bertz CT molecular complexity index is 93.3. The van der Waals surface area contributed by atoms with Crippen molar-refractivity contribution in [3.05, 3.63) is 0 Å². The van der Waals surface area contributed by atoms with Gasteiger partial charge < -0.3 is 0 Å². The molecule has 0 amide bonds. The molecule has 2 heteroatoms. The van der Waals surface area contributed by atoms with Crippen molar-refractivity contribution in [1.29, 1.82) is 0 Å². The summed E-state index contributed by atoms with van der Waals surface area (Å²) in [6.07, 6.45) is 4.27. The minimum Gasteiger partial charge on any atom is -0.300 e. The van der Waals surface area contributed by atoms with E-state index in [2.05, 4.69) is 34.4 Å². The lowest BCUT2D eigenvalue weighted by atomic mass is 10.0. The Kier molecular flexibility index (Phi) is 3.99. The molecule has 1 saturated heterocycles. The Balaban J connectivity index is 2.25. The van der Waals surface area contributed by atoms with Crippen LogP contribution in [0.25, 0.3) is 0 Å². The minimum atomic E-state index is 0.850. The van der Waals surface area contributed by atoms with Crippen LogP contribution in [0.2, 0.25) is 0 Å². The number of alkyl halides is 1. The Morgan fingerprint density at radius 1 is 1.50 bits per heavy atom. The van der Waals surface area contributed by atoms with Crippen LogP contribution in [-0.2, 0) is 0 Å². The molecule has 1 fully saturated rings. The van der Waals surface area contributed by atoms with Crippen LogP contribution in [-0.4, -0.2) is 28.5 Å². The van der Waals surface area contributed by atoms with E-state index in [0.29, 0.717) is 0 Å². The van der Waals surface area contributed by atoms with E-state index < -0.39 is 0 Å². The summed E-state index contributed by atoms with van der Waals surface area (Å²) in [5, 5.41) is 0. The van der Waals surface area contributed by atoms with Crippen molar-refractivity contribution >= 4 is 22.6 Å². The molecule has 1 aliphatic rings. The van der Waals surface area contributed by atoms with E-state index in [4.69, 9.17) is 0 Å². The summed E-state index contributed by atoms with van der Waals surface area (Å²) in [6.45, 7) is 4.98. The second kappa shape index (κ2) is 4.54. The zero-order chi connectivity index (χ0) is 7.40. The molecule has 0 saturated carbocycles. The van der Waals surface area contributed by atoms with Gasteiger partial charge in [-0.15, -0.1) is 0 Å². The Morgan fingerprint density at radius 2 is 2.30 bits per heavy atom. The maximum atomic E-state index is 2.61. The van der Waals surface area contributed by atoms with E-state index in [1.807, 2.05) is 0 Å². The summed E-state index contributed by atoms with van der Waals surface area (Å²) in [5.41, 5.74) is 0. The van der Waals surface area contributed by atoms with Crippen molar-refractivity contribution in [2.24, 2.45) is 0 Å². The van der Waals surface area contributed by atoms with Gasteiger partial charge in [0.05, 0.1) is 0 Å². The number of nitrogens with zero attached hydrogens (tertiary/aromatic N) is 1. The van der Waals surface area contributed by atoms with Gasteiger partial charge >= 0.3 is 0 Å². The van der Waals surface area contributed by atoms with E-state index in [1.165, 1.54) is 36.8 Å². The molecule has 1 atom stereocenters. The molecular formula is C8H16IN. The summed E-state index contributed by atoms with van der Waals surface area (Å²) in [6, 6.07) is 0.850. The third-order valence-electron chi connectivity index (χ3n) is 2.31. The first-order chi connectivity index (χ1) is 4.84. The highest BCUT2D eigenvalue weighted by Gasteiger charge is 2.16. The summed E-state index contributed by atoms with van der Waals surface area (Å²) in [4.78, 5) is 2.61. The Hall–Kier alpha value is 0.690. The van der Waals surface area contributed by atoms with Crippen molar-refractivity contribution in [3.63, 3.8) is 0 Å². The number of rotatable bonds is 2. The summed E-state index contributed by atoms with van der Waals surface area (Å²) < 4.78 is 1.28. The molecule has 10 heavy (non-hydrogen) atoms. The predicted molar refractivity (Wildman–Crippen MR) is 53.8 cm³/mol. The van der Waals surface area contributed by atoms with Crippen LogP contribution in [0, 0.1) is 0 Å². The summed E-state index contributed by atoms with van der Waals surface area (Å²) in [7, 11) is 0. The van der Waals surface area contributed by atoms with Crippen LogP contribution in [0.15, 0.2) is 0 Å². The molecule has 0 aromatic rings. The molecule has 0 bridgehead atoms.